The molecule has 1 aromatic heterocycles. The number of aromatic nitrogens is 2. The first kappa shape index (κ1) is 25.6. The van der Waals surface area contributed by atoms with Gasteiger partial charge in [-0.15, -0.1) is 0 Å². The minimum atomic E-state index is -1.26. The lowest BCUT2D eigenvalue weighted by Crippen LogP contribution is -2.48. The van der Waals surface area contributed by atoms with Crippen molar-refractivity contribution < 1.29 is 38.1 Å². The number of benzene rings is 1. The van der Waals surface area contributed by atoms with Crippen LogP contribution in [0.25, 0.3) is 5.69 Å². The van der Waals surface area contributed by atoms with E-state index in [1.165, 1.54) is 10.7 Å². The van der Waals surface area contributed by atoms with Crippen molar-refractivity contribution in [3.8, 4) is 5.69 Å². The molecule has 0 spiro atoms. The van der Waals surface area contributed by atoms with Gasteiger partial charge < -0.3 is 19.8 Å². The van der Waals surface area contributed by atoms with Crippen LogP contribution in [0.4, 0.5) is 8.78 Å². The Balaban J connectivity index is 0.000000414. The molecular formula is C21H24F2N4O6. The van der Waals surface area contributed by atoms with E-state index < -0.39 is 23.6 Å². The van der Waals surface area contributed by atoms with Crippen LogP contribution in [0.1, 0.15) is 12.6 Å². The van der Waals surface area contributed by atoms with Gasteiger partial charge >= 0.3 is 11.9 Å². The number of carboxylic acid groups (broad SMARTS) is 2. The van der Waals surface area contributed by atoms with E-state index in [0.29, 0.717) is 50.0 Å². The third-order valence-corrected chi connectivity index (χ3v) is 4.52. The number of carbonyl (C=O) groups is 3. The Morgan fingerprint density at radius 1 is 1.03 bits per heavy atom. The Kier molecular flexibility index (Phi) is 9.63. The molecule has 10 nitrogen and oxygen atoms in total. The third kappa shape index (κ3) is 8.79. The topological polar surface area (TPSA) is 125 Å². The van der Waals surface area contributed by atoms with Crippen LogP contribution >= 0.6 is 0 Å². The van der Waals surface area contributed by atoms with Crippen LogP contribution in [0.5, 0.6) is 0 Å². The van der Waals surface area contributed by atoms with Gasteiger partial charge in [-0.3, -0.25) is 9.69 Å². The van der Waals surface area contributed by atoms with E-state index >= 15 is 0 Å². The standard InChI is InChI=1S/C17H20F2N4O2.C4H4O4/c1-13(24)22-8-6-21(7-9-22)12-25-11-14-4-5-23(20-14)15-2-3-16(18)17(19)10-15;5-3(6)1-2-4(7)8/h2-5,10H,6-9,11-12H2,1H3;1-2H,(H,5,6)(H,7,8)/b;2-1+. The average Bonchev–Trinajstić information content (AvgIpc) is 3.24. The summed E-state index contributed by atoms with van der Waals surface area (Å²) in [6.07, 6.45) is 2.79. The molecule has 1 fully saturated rings. The maximum atomic E-state index is 13.3. The number of hydrogen-bond acceptors (Lipinski definition) is 6. The normalized spacial score (nSPS) is 14.1. The first-order valence-electron chi connectivity index (χ1n) is 9.85. The Bertz CT molecular complexity index is 986. The molecule has 2 heterocycles. The van der Waals surface area contributed by atoms with Crippen molar-refractivity contribution in [2.45, 2.75) is 13.5 Å². The smallest absolute Gasteiger partial charge is 0.328 e. The van der Waals surface area contributed by atoms with Gasteiger partial charge in [0.15, 0.2) is 11.6 Å². The van der Waals surface area contributed by atoms with Crippen LogP contribution in [0.3, 0.4) is 0 Å². The summed E-state index contributed by atoms with van der Waals surface area (Å²) in [7, 11) is 0. The Morgan fingerprint density at radius 3 is 2.21 bits per heavy atom. The molecule has 1 aliphatic rings. The molecule has 1 saturated heterocycles. The van der Waals surface area contributed by atoms with E-state index in [-0.39, 0.29) is 5.91 Å². The second-order valence-corrected chi connectivity index (χ2v) is 6.96. The number of nitrogens with zero attached hydrogens (tertiary/aromatic N) is 4. The largest absolute Gasteiger partial charge is 0.478 e. The Hall–Kier alpha value is -3.64. The predicted molar refractivity (Wildman–Crippen MR) is 111 cm³/mol. The lowest BCUT2D eigenvalue weighted by atomic mass is 10.3. The number of halogens is 2. The molecule has 0 unspecified atom stereocenters. The Labute approximate surface area is 188 Å². The predicted octanol–water partition coefficient (Wildman–Crippen LogP) is 1.50. The van der Waals surface area contributed by atoms with Crippen LogP contribution in [-0.2, 0) is 25.7 Å². The monoisotopic (exact) mass is 466 g/mol. The molecule has 0 atom stereocenters. The first-order chi connectivity index (χ1) is 15.7. The van der Waals surface area contributed by atoms with Crippen molar-refractivity contribution in [2.75, 3.05) is 32.9 Å². The molecule has 178 valence electrons. The minimum Gasteiger partial charge on any atom is -0.478 e. The third-order valence-electron chi connectivity index (χ3n) is 4.52. The molecule has 2 aromatic rings. The molecule has 1 amide bonds. The molecule has 0 aliphatic carbocycles. The maximum Gasteiger partial charge on any atom is 0.328 e. The highest BCUT2D eigenvalue weighted by molar-refractivity contribution is 5.89. The van der Waals surface area contributed by atoms with Gasteiger partial charge in [-0.1, -0.05) is 0 Å². The molecule has 12 heteroatoms. The van der Waals surface area contributed by atoms with Crippen molar-refractivity contribution >= 4 is 17.8 Å². The zero-order valence-corrected chi connectivity index (χ0v) is 17.9. The van der Waals surface area contributed by atoms with Crippen molar-refractivity contribution in [3.63, 3.8) is 0 Å². The van der Waals surface area contributed by atoms with Crippen LogP contribution < -0.4 is 0 Å². The summed E-state index contributed by atoms with van der Waals surface area (Å²) in [5, 5.41) is 19.9. The second-order valence-electron chi connectivity index (χ2n) is 6.96. The van der Waals surface area contributed by atoms with Gasteiger partial charge in [-0.05, 0) is 18.2 Å². The van der Waals surface area contributed by atoms with Gasteiger partial charge in [-0.2, -0.15) is 5.10 Å². The Morgan fingerprint density at radius 2 is 1.67 bits per heavy atom. The second kappa shape index (κ2) is 12.4. The van der Waals surface area contributed by atoms with E-state index in [2.05, 4.69) is 10.00 Å². The van der Waals surface area contributed by atoms with E-state index in [4.69, 9.17) is 14.9 Å². The number of piperazine rings is 1. The number of aliphatic carboxylic acids is 2. The van der Waals surface area contributed by atoms with Crippen LogP contribution in [0, 0.1) is 11.6 Å². The van der Waals surface area contributed by atoms with E-state index in [1.807, 2.05) is 4.90 Å². The lowest BCUT2D eigenvalue weighted by Gasteiger charge is -2.33. The van der Waals surface area contributed by atoms with Crippen molar-refractivity contribution in [3.05, 3.63) is 59.9 Å². The van der Waals surface area contributed by atoms with Crippen LogP contribution in [-0.4, -0.2) is 80.5 Å². The van der Waals surface area contributed by atoms with E-state index in [9.17, 15) is 23.2 Å². The number of carbonyl (C=O) groups excluding carboxylic acids is 1. The fraction of sp³-hybridized carbons (Fsp3) is 0.333. The van der Waals surface area contributed by atoms with Crippen molar-refractivity contribution in [1.29, 1.82) is 0 Å². The van der Waals surface area contributed by atoms with Gasteiger partial charge in [0, 0.05) is 57.5 Å². The molecule has 33 heavy (non-hydrogen) atoms. The summed E-state index contributed by atoms with van der Waals surface area (Å²) in [6, 6.07) is 5.41. The van der Waals surface area contributed by atoms with Crippen LogP contribution in [0.15, 0.2) is 42.6 Å². The van der Waals surface area contributed by atoms with E-state index in [1.54, 1.807) is 19.2 Å². The number of hydrogen-bond donors (Lipinski definition) is 2. The number of rotatable bonds is 7. The van der Waals surface area contributed by atoms with Gasteiger partial charge in [-0.25, -0.2) is 23.1 Å². The fourth-order valence-electron chi connectivity index (χ4n) is 2.82. The zero-order valence-electron chi connectivity index (χ0n) is 17.9. The molecule has 0 saturated carbocycles. The molecule has 0 radical (unpaired) electrons. The zero-order chi connectivity index (χ0) is 24.4. The first-order valence-corrected chi connectivity index (χ1v) is 9.85. The molecule has 3 rings (SSSR count). The maximum absolute atomic E-state index is 13.3. The fourth-order valence-corrected chi connectivity index (χ4v) is 2.82. The summed E-state index contributed by atoms with van der Waals surface area (Å²) in [5.74, 6) is -4.21. The van der Waals surface area contributed by atoms with Crippen LogP contribution in [0.2, 0.25) is 0 Å². The number of amides is 1. The minimum absolute atomic E-state index is 0.100. The summed E-state index contributed by atoms with van der Waals surface area (Å²) < 4.78 is 33.4. The summed E-state index contributed by atoms with van der Waals surface area (Å²) in [4.78, 5) is 34.3. The SMILES string of the molecule is CC(=O)N1CCN(COCc2ccn(-c3ccc(F)c(F)c3)n2)CC1.O=C(O)/C=C/C(=O)O. The van der Waals surface area contributed by atoms with Gasteiger partial charge in [0.05, 0.1) is 24.7 Å². The van der Waals surface area contributed by atoms with Crippen molar-refractivity contribution in [1.82, 2.24) is 19.6 Å². The molecule has 1 aliphatic heterocycles. The number of ether oxygens (including phenoxy) is 1. The quantitative estimate of drug-likeness (QED) is 0.588. The van der Waals surface area contributed by atoms with Gasteiger partial charge in [0.2, 0.25) is 5.91 Å². The lowest BCUT2D eigenvalue weighted by molar-refractivity contribution is -0.134. The number of carboxylic acids is 2. The van der Waals surface area contributed by atoms with Gasteiger partial charge in [0.25, 0.3) is 0 Å². The molecule has 2 N–H and O–H groups in total. The highest BCUT2D eigenvalue weighted by atomic mass is 19.2. The highest BCUT2D eigenvalue weighted by Gasteiger charge is 2.18. The highest BCUT2D eigenvalue weighted by Crippen LogP contribution is 2.13. The summed E-state index contributed by atoms with van der Waals surface area (Å²) in [5.41, 5.74) is 1.15. The molecular weight excluding hydrogens is 442 g/mol. The summed E-state index contributed by atoms with van der Waals surface area (Å²) >= 11 is 0. The summed E-state index contributed by atoms with van der Waals surface area (Å²) in [6.45, 7) is 5.35. The van der Waals surface area contributed by atoms with Crippen molar-refractivity contribution in [2.24, 2.45) is 0 Å². The van der Waals surface area contributed by atoms with E-state index in [0.717, 1.165) is 25.2 Å². The molecule has 0 bridgehead atoms. The molecule has 1 aromatic carbocycles. The van der Waals surface area contributed by atoms with Gasteiger partial charge in [0.1, 0.15) is 0 Å². The average molecular weight is 466 g/mol.